The lowest BCUT2D eigenvalue weighted by atomic mass is 10.1. The molecule has 98 valence electrons. The molecule has 1 aromatic rings. The molecule has 4 nitrogen and oxygen atoms in total. The molecular formula is C13H17FN2O2. The molecule has 18 heavy (non-hydrogen) atoms. The molecule has 2 N–H and O–H groups in total. The van der Waals surface area contributed by atoms with Gasteiger partial charge in [0.05, 0.1) is 12.1 Å². The van der Waals surface area contributed by atoms with Crippen molar-refractivity contribution in [1.29, 1.82) is 0 Å². The van der Waals surface area contributed by atoms with Crippen LogP contribution in [0.25, 0.3) is 0 Å². The average Bonchev–Trinajstić information content (AvgIpc) is 2.76. The zero-order chi connectivity index (χ0) is 13.1. The SMILES string of the molecule is COC1CNCC1NC(=O)c1ccc(F)cc1C. The van der Waals surface area contributed by atoms with Crippen molar-refractivity contribution in [2.75, 3.05) is 20.2 Å². The number of halogens is 1. The first-order chi connectivity index (χ1) is 8.61. The first-order valence-corrected chi connectivity index (χ1v) is 5.92. The zero-order valence-corrected chi connectivity index (χ0v) is 10.5. The van der Waals surface area contributed by atoms with Gasteiger partial charge < -0.3 is 15.4 Å². The molecule has 0 aliphatic carbocycles. The van der Waals surface area contributed by atoms with Crippen LogP contribution in [-0.2, 0) is 4.74 Å². The van der Waals surface area contributed by atoms with Crippen LogP contribution in [0.3, 0.4) is 0 Å². The number of nitrogens with one attached hydrogen (secondary N) is 2. The van der Waals surface area contributed by atoms with E-state index in [-0.39, 0.29) is 23.9 Å². The van der Waals surface area contributed by atoms with Crippen molar-refractivity contribution < 1.29 is 13.9 Å². The van der Waals surface area contributed by atoms with Crippen molar-refractivity contribution in [2.24, 2.45) is 0 Å². The fourth-order valence-electron chi connectivity index (χ4n) is 2.17. The highest BCUT2D eigenvalue weighted by molar-refractivity contribution is 5.95. The van der Waals surface area contributed by atoms with E-state index < -0.39 is 0 Å². The molecule has 2 atom stereocenters. The van der Waals surface area contributed by atoms with Crippen molar-refractivity contribution >= 4 is 5.91 Å². The van der Waals surface area contributed by atoms with Gasteiger partial charge in [0.2, 0.25) is 0 Å². The summed E-state index contributed by atoms with van der Waals surface area (Å²) >= 11 is 0. The summed E-state index contributed by atoms with van der Waals surface area (Å²) in [5.74, 6) is -0.524. The summed E-state index contributed by atoms with van der Waals surface area (Å²) in [6.45, 7) is 3.13. The highest BCUT2D eigenvalue weighted by atomic mass is 19.1. The van der Waals surface area contributed by atoms with Gasteiger partial charge >= 0.3 is 0 Å². The number of carbonyl (C=O) groups excluding carboxylic acids is 1. The molecule has 1 fully saturated rings. The second-order valence-corrected chi connectivity index (χ2v) is 4.47. The summed E-state index contributed by atoms with van der Waals surface area (Å²) in [5.41, 5.74) is 1.13. The van der Waals surface area contributed by atoms with Crippen LogP contribution in [0, 0.1) is 12.7 Å². The first-order valence-electron chi connectivity index (χ1n) is 5.92. The Hall–Kier alpha value is -1.46. The van der Waals surface area contributed by atoms with E-state index in [4.69, 9.17) is 4.74 Å². The van der Waals surface area contributed by atoms with Gasteiger partial charge in [-0.25, -0.2) is 4.39 Å². The molecule has 0 radical (unpaired) electrons. The molecule has 2 rings (SSSR count). The Morgan fingerprint density at radius 2 is 2.28 bits per heavy atom. The topological polar surface area (TPSA) is 50.4 Å². The lowest BCUT2D eigenvalue weighted by molar-refractivity contribution is 0.0779. The zero-order valence-electron chi connectivity index (χ0n) is 10.5. The fourth-order valence-corrected chi connectivity index (χ4v) is 2.17. The van der Waals surface area contributed by atoms with Gasteiger partial charge in [-0.2, -0.15) is 0 Å². The number of aryl methyl sites for hydroxylation is 1. The van der Waals surface area contributed by atoms with Crippen LogP contribution in [0.4, 0.5) is 4.39 Å². The van der Waals surface area contributed by atoms with E-state index in [9.17, 15) is 9.18 Å². The standard InChI is InChI=1S/C13H17FN2O2/c1-8-5-9(14)3-4-10(8)13(17)16-11-6-15-7-12(11)18-2/h3-5,11-12,15H,6-7H2,1-2H3,(H,16,17). The number of hydrogen-bond acceptors (Lipinski definition) is 3. The van der Waals surface area contributed by atoms with Crippen LogP contribution in [0.1, 0.15) is 15.9 Å². The maximum absolute atomic E-state index is 13.0. The number of rotatable bonds is 3. The Labute approximate surface area is 106 Å². The molecule has 2 unspecified atom stereocenters. The highest BCUT2D eigenvalue weighted by Gasteiger charge is 2.28. The molecule has 1 aromatic carbocycles. The molecule has 0 saturated carbocycles. The maximum Gasteiger partial charge on any atom is 0.251 e. The second-order valence-electron chi connectivity index (χ2n) is 4.47. The Kier molecular flexibility index (Phi) is 3.93. The quantitative estimate of drug-likeness (QED) is 0.838. The molecule has 1 amide bonds. The maximum atomic E-state index is 13.0. The minimum absolute atomic E-state index is 0.0188. The van der Waals surface area contributed by atoms with E-state index in [1.807, 2.05) is 0 Å². The van der Waals surface area contributed by atoms with Crippen LogP contribution >= 0.6 is 0 Å². The third kappa shape index (κ3) is 2.68. The smallest absolute Gasteiger partial charge is 0.251 e. The summed E-state index contributed by atoms with van der Waals surface area (Å²) in [7, 11) is 1.62. The van der Waals surface area contributed by atoms with Gasteiger partial charge in [0.1, 0.15) is 5.82 Å². The van der Waals surface area contributed by atoms with Gasteiger partial charge in [0, 0.05) is 25.8 Å². The van der Waals surface area contributed by atoms with Crippen LogP contribution in [0.2, 0.25) is 0 Å². The predicted octanol–water partition coefficient (Wildman–Crippen LogP) is 0.851. The van der Waals surface area contributed by atoms with Crippen LogP contribution in [0.5, 0.6) is 0 Å². The summed E-state index contributed by atoms with van der Waals surface area (Å²) in [4.78, 5) is 12.1. The molecule has 5 heteroatoms. The predicted molar refractivity (Wildman–Crippen MR) is 66.1 cm³/mol. The van der Waals surface area contributed by atoms with Gasteiger partial charge in [-0.1, -0.05) is 0 Å². The van der Waals surface area contributed by atoms with E-state index in [2.05, 4.69) is 10.6 Å². The van der Waals surface area contributed by atoms with E-state index in [1.165, 1.54) is 18.2 Å². The summed E-state index contributed by atoms with van der Waals surface area (Å²) in [6.07, 6.45) is -0.0188. The molecular weight excluding hydrogens is 235 g/mol. The molecule has 1 aliphatic heterocycles. The number of methoxy groups -OCH3 is 1. The number of carbonyl (C=O) groups is 1. The van der Waals surface area contributed by atoms with Crippen LogP contribution in [0.15, 0.2) is 18.2 Å². The van der Waals surface area contributed by atoms with Crippen molar-refractivity contribution in [3.63, 3.8) is 0 Å². The monoisotopic (exact) mass is 252 g/mol. The van der Waals surface area contributed by atoms with E-state index in [0.29, 0.717) is 17.7 Å². The molecule has 0 bridgehead atoms. The molecule has 1 saturated heterocycles. The van der Waals surface area contributed by atoms with Crippen LogP contribution < -0.4 is 10.6 Å². The average molecular weight is 252 g/mol. The molecule has 1 aliphatic rings. The number of benzene rings is 1. The third-order valence-corrected chi connectivity index (χ3v) is 3.21. The summed E-state index contributed by atoms with van der Waals surface area (Å²) < 4.78 is 18.2. The Morgan fingerprint density at radius 3 is 2.94 bits per heavy atom. The van der Waals surface area contributed by atoms with Gasteiger partial charge in [-0.05, 0) is 30.7 Å². The van der Waals surface area contributed by atoms with Crippen molar-refractivity contribution in [2.45, 2.75) is 19.1 Å². The summed E-state index contributed by atoms with van der Waals surface area (Å²) in [6, 6.07) is 4.11. The normalized spacial score (nSPS) is 23.1. The van der Waals surface area contributed by atoms with Gasteiger partial charge in [0.15, 0.2) is 0 Å². The molecule has 0 aromatic heterocycles. The van der Waals surface area contributed by atoms with E-state index in [1.54, 1.807) is 14.0 Å². The highest BCUT2D eigenvalue weighted by Crippen LogP contribution is 2.11. The summed E-state index contributed by atoms with van der Waals surface area (Å²) in [5, 5.41) is 6.06. The van der Waals surface area contributed by atoms with Gasteiger partial charge in [-0.15, -0.1) is 0 Å². The Morgan fingerprint density at radius 1 is 1.50 bits per heavy atom. The Balaban J connectivity index is 2.07. The van der Waals surface area contributed by atoms with Crippen LogP contribution in [-0.4, -0.2) is 38.3 Å². The largest absolute Gasteiger partial charge is 0.378 e. The lowest BCUT2D eigenvalue weighted by Gasteiger charge is -2.19. The van der Waals surface area contributed by atoms with E-state index in [0.717, 1.165) is 6.54 Å². The van der Waals surface area contributed by atoms with Crippen molar-refractivity contribution in [3.8, 4) is 0 Å². The van der Waals surface area contributed by atoms with Gasteiger partial charge in [0.25, 0.3) is 5.91 Å². The third-order valence-electron chi connectivity index (χ3n) is 3.21. The number of hydrogen-bond donors (Lipinski definition) is 2. The lowest BCUT2D eigenvalue weighted by Crippen LogP contribution is -2.43. The van der Waals surface area contributed by atoms with E-state index >= 15 is 0 Å². The minimum Gasteiger partial charge on any atom is -0.378 e. The first kappa shape index (κ1) is 13.0. The number of ether oxygens (including phenoxy) is 1. The van der Waals surface area contributed by atoms with Crippen molar-refractivity contribution in [3.05, 3.63) is 35.1 Å². The van der Waals surface area contributed by atoms with Crippen molar-refractivity contribution in [1.82, 2.24) is 10.6 Å². The number of amides is 1. The molecule has 1 heterocycles. The fraction of sp³-hybridized carbons (Fsp3) is 0.462. The van der Waals surface area contributed by atoms with Gasteiger partial charge in [-0.3, -0.25) is 4.79 Å². The molecule has 0 spiro atoms. The minimum atomic E-state index is -0.332. The second kappa shape index (κ2) is 5.46. The Bertz CT molecular complexity index is 451.